The van der Waals surface area contributed by atoms with Crippen molar-refractivity contribution in [3.05, 3.63) is 17.7 Å². The van der Waals surface area contributed by atoms with Gasteiger partial charge in [0, 0.05) is 18.6 Å². The zero-order chi connectivity index (χ0) is 11.0. The van der Waals surface area contributed by atoms with Gasteiger partial charge in [-0.05, 0) is 6.92 Å². The number of hydrogen-bond acceptors (Lipinski definition) is 5. The Kier molecular flexibility index (Phi) is 2.15. The number of phenols is 3. The SMILES string of the molecule is CC1=NOC(c2c(O)cc(O)cc2O)C1. The second kappa shape index (κ2) is 3.34. The van der Waals surface area contributed by atoms with Crippen LogP contribution in [0.1, 0.15) is 25.0 Å². The molecule has 1 unspecified atom stereocenters. The summed E-state index contributed by atoms with van der Waals surface area (Å²) in [5, 5.41) is 32.0. The lowest BCUT2D eigenvalue weighted by atomic mass is 10.0. The monoisotopic (exact) mass is 209 g/mol. The molecule has 3 N–H and O–H groups in total. The summed E-state index contributed by atoms with van der Waals surface area (Å²) in [5.41, 5.74) is 1.06. The quantitative estimate of drug-likeness (QED) is 0.656. The second-order valence-electron chi connectivity index (χ2n) is 3.52. The molecule has 2 rings (SSSR count). The molecule has 0 bridgehead atoms. The van der Waals surface area contributed by atoms with Gasteiger partial charge in [-0.25, -0.2) is 0 Å². The first kappa shape index (κ1) is 9.64. The molecule has 1 aliphatic rings. The molecule has 15 heavy (non-hydrogen) atoms. The maximum Gasteiger partial charge on any atom is 0.165 e. The van der Waals surface area contributed by atoms with Crippen molar-refractivity contribution in [3.63, 3.8) is 0 Å². The first-order valence-corrected chi connectivity index (χ1v) is 4.52. The van der Waals surface area contributed by atoms with Crippen LogP contribution in [0.3, 0.4) is 0 Å². The van der Waals surface area contributed by atoms with Gasteiger partial charge in [-0.3, -0.25) is 0 Å². The second-order valence-corrected chi connectivity index (χ2v) is 3.52. The third kappa shape index (κ3) is 1.68. The Balaban J connectivity index is 2.37. The molecule has 0 fully saturated rings. The number of oxime groups is 1. The van der Waals surface area contributed by atoms with Crippen LogP contribution < -0.4 is 0 Å². The molecule has 1 heterocycles. The predicted molar refractivity (Wildman–Crippen MR) is 53.0 cm³/mol. The Morgan fingerprint density at radius 2 is 1.87 bits per heavy atom. The Hall–Kier alpha value is -1.91. The highest BCUT2D eigenvalue weighted by atomic mass is 16.6. The minimum absolute atomic E-state index is 0.190. The first-order valence-electron chi connectivity index (χ1n) is 4.52. The number of nitrogens with zero attached hydrogens (tertiary/aromatic N) is 1. The summed E-state index contributed by atoms with van der Waals surface area (Å²) in [6.45, 7) is 1.80. The van der Waals surface area contributed by atoms with Crippen molar-refractivity contribution in [3.8, 4) is 17.2 Å². The van der Waals surface area contributed by atoms with Gasteiger partial charge in [-0.15, -0.1) is 0 Å². The van der Waals surface area contributed by atoms with E-state index in [0.717, 1.165) is 17.8 Å². The van der Waals surface area contributed by atoms with E-state index in [1.54, 1.807) is 6.92 Å². The van der Waals surface area contributed by atoms with Gasteiger partial charge in [0.15, 0.2) is 6.10 Å². The van der Waals surface area contributed by atoms with Crippen LogP contribution in [0.4, 0.5) is 0 Å². The minimum atomic E-state index is -0.481. The van der Waals surface area contributed by atoms with Gasteiger partial charge in [0.1, 0.15) is 17.2 Å². The minimum Gasteiger partial charge on any atom is -0.508 e. The summed E-state index contributed by atoms with van der Waals surface area (Å²) in [6, 6.07) is 2.32. The Morgan fingerprint density at radius 3 is 2.33 bits per heavy atom. The van der Waals surface area contributed by atoms with E-state index in [1.165, 1.54) is 0 Å². The summed E-state index contributed by atoms with van der Waals surface area (Å²) in [4.78, 5) is 5.04. The maximum atomic E-state index is 9.57. The number of rotatable bonds is 1. The van der Waals surface area contributed by atoms with Crippen LogP contribution >= 0.6 is 0 Å². The molecule has 5 nitrogen and oxygen atoms in total. The highest BCUT2D eigenvalue weighted by molar-refractivity contribution is 5.83. The van der Waals surface area contributed by atoms with Crippen LogP contribution in [0.25, 0.3) is 0 Å². The maximum absolute atomic E-state index is 9.57. The summed E-state index contributed by atoms with van der Waals surface area (Å²) in [7, 11) is 0. The van der Waals surface area contributed by atoms with Crippen molar-refractivity contribution in [2.24, 2.45) is 5.16 Å². The normalized spacial score (nSPS) is 19.8. The Morgan fingerprint density at radius 1 is 1.27 bits per heavy atom. The largest absolute Gasteiger partial charge is 0.508 e. The van der Waals surface area contributed by atoms with E-state index in [0.29, 0.717) is 6.42 Å². The molecule has 0 saturated heterocycles. The van der Waals surface area contributed by atoms with Gasteiger partial charge in [0.25, 0.3) is 0 Å². The third-order valence-electron chi connectivity index (χ3n) is 2.26. The van der Waals surface area contributed by atoms with Gasteiger partial charge in [0.05, 0.1) is 11.3 Å². The summed E-state index contributed by atoms with van der Waals surface area (Å²) in [6.07, 6.45) is 0.0388. The van der Waals surface area contributed by atoms with Crippen LogP contribution in [0, 0.1) is 0 Å². The molecule has 0 radical (unpaired) electrons. The van der Waals surface area contributed by atoms with Crippen LogP contribution in [0.2, 0.25) is 0 Å². The van der Waals surface area contributed by atoms with Crippen LogP contribution in [0.15, 0.2) is 17.3 Å². The van der Waals surface area contributed by atoms with E-state index in [9.17, 15) is 10.2 Å². The lowest BCUT2D eigenvalue weighted by Crippen LogP contribution is -1.98. The van der Waals surface area contributed by atoms with Crippen molar-refractivity contribution in [1.29, 1.82) is 0 Å². The summed E-state index contributed by atoms with van der Waals surface area (Å²) in [5.74, 6) is -0.575. The standard InChI is InChI=1S/C10H11NO4/c1-5-2-9(15-11-5)10-7(13)3-6(12)4-8(10)14/h3-4,9,12-14H,2H2,1H3. The molecule has 5 heteroatoms. The van der Waals surface area contributed by atoms with E-state index in [-0.39, 0.29) is 22.8 Å². The average molecular weight is 209 g/mol. The lowest BCUT2D eigenvalue weighted by molar-refractivity contribution is 0.0817. The van der Waals surface area contributed by atoms with Gasteiger partial charge in [0.2, 0.25) is 0 Å². The van der Waals surface area contributed by atoms with Crippen molar-refractivity contribution < 1.29 is 20.2 Å². The van der Waals surface area contributed by atoms with Gasteiger partial charge < -0.3 is 20.2 Å². The molecule has 1 aromatic carbocycles. The van der Waals surface area contributed by atoms with E-state index in [1.807, 2.05) is 0 Å². The molecule has 0 spiro atoms. The molecule has 1 aliphatic heterocycles. The molecule has 0 amide bonds. The predicted octanol–water partition coefficient (Wildman–Crippen LogP) is 1.64. The topological polar surface area (TPSA) is 82.3 Å². The van der Waals surface area contributed by atoms with E-state index < -0.39 is 6.10 Å². The number of phenolic OH excluding ortho intramolecular Hbond substituents is 3. The van der Waals surface area contributed by atoms with Gasteiger partial charge >= 0.3 is 0 Å². The van der Waals surface area contributed by atoms with Crippen molar-refractivity contribution in [2.75, 3.05) is 0 Å². The molecule has 0 aromatic heterocycles. The zero-order valence-corrected chi connectivity index (χ0v) is 8.14. The number of benzene rings is 1. The van der Waals surface area contributed by atoms with E-state index >= 15 is 0 Å². The average Bonchev–Trinajstić information content (AvgIpc) is 2.49. The zero-order valence-electron chi connectivity index (χ0n) is 8.14. The van der Waals surface area contributed by atoms with Crippen molar-refractivity contribution in [2.45, 2.75) is 19.4 Å². The fourth-order valence-electron chi connectivity index (χ4n) is 1.59. The van der Waals surface area contributed by atoms with Crippen LogP contribution in [0.5, 0.6) is 17.2 Å². The number of aromatic hydroxyl groups is 3. The molecular weight excluding hydrogens is 198 g/mol. The van der Waals surface area contributed by atoms with Crippen LogP contribution in [-0.2, 0) is 4.84 Å². The fourth-order valence-corrected chi connectivity index (χ4v) is 1.59. The van der Waals surface area contributed by atoms with Gasteiger partial charge in [-0.2, -0.15) is 0 Å². The summed E-state index contributed by atoms with van der Waals surface area (Å²) >= 11 is 0. The third-order valence-corrected chi connectivity index (χ3v) is 2.26. The van der Waals surface area contributed by atoms with Crippen LogP contribution in [-0.4, -0.2) is 21.0 Å². The highest BCUT2D eigenvalue weighted by Gasteiger charge is 2.26. The first-order chi connectivity index (χ1) is 7.08. The van der Waals surface area contributed by atoms with Crippen molar-refractivity contribution in [1.82, 2.24) is 0 Å². The molecule has 0 saturated carbocycles. The van der Waals surface area contributed by atoms with Gasteiger partial charge in [-0.1, -0.05) is 5.16 Å². The molecule has 0 aliphatic carbocycles. The summed E-state index contributed by atoms with van der Waals surface area (Å²) < 4.78 is 0. The molecule has 1 aromatic rings. The number of hydrogen-bond donors (Lipinski definition) is 3. The van der Waals surface area contributed by atoms with E-state index in [4.69, 9.17) is 9.94 Å². The Bertz CT molecular complexity index is 404. The Labute approximate surface area is 86.2 Å². The van der Waals surface area contributed by atoms with E-state index in [2.05, 4.69) is 5.16 Å². The lowest BCUT2D eigenvalue weighted by Gasteiger charge is -2.12. The highest BCUT2D eigenvalue weighted by Crippen LogP contribution is 2.41. The van der Waals surface area contributed by atoms with Crippen molar-refractivity contribution >= 4 is 5.71 Å². The molecule has 1 atom stereocenters. The molecule has 80 valence electrons. The molecular formula is C10H11NO4. The smallest absolute Gasteiger partial charge is 0.165 e. The fraction of sp³-hybridized carbons (Fsp3) is 0.300.